The van der Waals surface area contributed by atoms with Crippen molar-refractivity contribution in [3.8, 4) is 16.3 Å². The number of aromatic nitrogens is 2. The Bertz CT molecular complexity index is 893. The molecular formula is C17H15N3O2S. The molecule has 2 aromatic heterocycles. The molecule has 1 aliphatic rings. The van der Waals surface area contributed by atoms with Gasteiger partial charge in [-0.15, -0.1) is 11.3 Å². The van der Waals surface area contributed by atoms with Crippen LogP contribution in [0.15, 0.2) is 35.7 Å². The van der Waals surface area contributed by atoms with Crippen molar-refractivity contribution >= 4 is 23.1 Å². The third-order valence-electron chi connectivity index (χ3n) is 3.97. The smallest absolute Gasteiger partial charge is 0.335 e. The first kappa shape index (κ1) is 14.0. The molecule has 3 aromatic rings. The van der Waals surface area contributed by atoms with Crippen molar-refractivity contribution in [2.24, 2.45) is 0 Å². The van der Waals surface area contributed by atoms with Crippen LogP contribution in [0.4, 0.5) is 5.82 Å². The molecule has 1 aliphatic heterocycles. The van der Waals surface area contributed by atoms with Crippen molar-refractivity contribution in [3.63, 3.8) is 0 Å². The molecule has 0 saturated heterocycles. The van der Waals surface area contributed by atoms with E-state index in [1.165, 1.54) is 16.0 Å². The molecule has 0 unspecified atom stereocenters. The molecule has 0 fully saturated rings. The van der Waals surface area contributed by atoms with Crippen molar-refractivity contribution in [2.45, 2.75) is 13.3 Å². The molecule has 0 saturated carbocycles. The van der Waals surface area contributed by atoms with Gasteiger partial charge in [0.05, 0.1) is 16.1 Å². The van der Waals surface area contributed by atoms with E-state index in [1.54, 1.807) is 35.6 Å². The van der Waals surface area contributed by atoms with E-state index in [1.807, 2.05) is 4.68 Å². The molecule has 0 atom stereocenters. The topological polar surface area (TPSA) is 67.2 Å². The zero-order chi connectivity index (χ0) is 16.0. The quantitative estimate of drug-likeness (QED) is 0.772. The molecule has 6 heteroatoms. The molecular weight excluding hydrogens is 310 g/mol. The molecule has 0 aliphatic carbocycles. The van der Waals surface area contributed by atoms with Crippen molar-refractivity contribution in [2.75, 3.05) is 11.9 Å². The van der Waals surface area contributed by atoms with Crippen LogP contribution in [0, 0.1) is 6.92 Å². The number of nitrogens with one attached hydrogen (secondary N) is 1. The predicted octanol–water partition coefficient (Wildman–Crippen LogP) is 3.58. The largest absolute Gasteiger partial charge is 0.478 e. The Morgan fingerprint density at radius 2 is 2.13 bits per heavy atom. The number of hydrogen-bond acceptors (Lipinski definition) is 4. The Morgan fingerprint density at radius 1 is 1.35 bits per heavy atom. The highest BCUT2D eigenvalue weighted by Crippen LogP contribution is 2.37. The fourth-order valence-corrected chi connectivity index (χ4v) is 3.77. The molecule has 116 valence electrons. The van der Waals surface area contributed by atoms with Gasteiger partial charge in [0.25, 0.3) is 0 Å². The summed E-state index contributed by atoms with van der Waals surface area (Å²) in [6.07, 6.45) is 0.953. The minimum Gasteiger partial charge on any atom is -0.478 e. The highest BCUT2D eigenvalue weighted by atomic mass is 32.1. The fraction of sp³-hybridized carbons (Fsp3) is 0.176. The maximum Gasteiger partial charge on any atom is 0.335 e. The molecule has 1 aromatic carbocycles. The number of anilines is 1. The highest BCUT2D eigenvalue weighted by molar-refractivity contribution is 7.13. The molecule has 3 heterocycles. The number of carboxylic acid groups (broad SMARTS) is 1. The number of aryl methyl sites for hydroxylation is 1. The zero-order valence-electron chi connectivity index (χ0n) is 12.5. The van der Waals surface area contributed by atoms with Crippen molar-refractivity contribution in [1.82, 2.24) is 9.78 Å². The summed E-state index contributed by atoms with van der Waals surface area (Å²) < 4.78 is 1.87. The van der Waals surface area contributed by atoms with Gasteiger partial charge in [0.15, 0.2) is 0 Å². The second-order valence-electron chi connectivity index (χ2n) is 5.60. The number of thiophene rings is 1. The second-order valence-corrected chi connectivity index (χ2v) is 6.52. The van der Waals surface area contributed by atoms with Gasteiger partial charge < -0.3 is 10.4 Å². The number of rotatable bonds is 3. The summed E-state index contributed by atoms with van der Waals surface area (Å²) in [7, 11) is 0. The lowest BCUT2D eigenvalue weighted by molar-refractivity contribution is 0.0697. The maximum atomic E-state index is 11.0. The Hall–Kier alpha value is -2.60. The van der Waals surface area contributed by atoms with Gasteiger partial charge in [0.2, 0.25) is 0 Å². The average molecular weight is 325 g/mol. The van der Waals surface area contributed by atoms with Crippen LogP contribution in [0.5, 0.6) is 0 Å². The Morgan fingerprint density at radius 3 is 2.78 bits per heavy atom. The lowest BCUT2D eigenvalue weighted by Gasteiger charge is -2.06. The van der Waals surface area contributed by atoms with Crippen LogP contribution in [0.1, 0.15) is 21.5 Å². The summed E-state index contributed by atoms with van der Waals surface area (Å²) in [6, 6.07) is 8.95. The average Bonchev–Trinajstić information content (AvgIpc) is 3.23. The Balaban J connectivity index is 1.82. The summed E-state index contributed by atoms with van der Waals surface area (Å²) >= 11 is 1.70. The first-order chi connectivity index (χ1) is 11.1. The van der Waals surface area contributed by atoms with Crippen LogP contribution < -0.4 is 5.32 Å². The van der Waals surface area contributed by atoms with Crippen LogP contribution in [-0.2, 0) is 6.42 Å². The van der Waals surface area contributed by atoms with Crippen LogP contribution in [0.25, 0.3) is 16.3 Å². The van der Waals surface area contributed by atoms with Gasteiger partial charge in [-0.2, -0.15) is 5.10 Å². The first-order valence-corrected chi connectivity index (χ1v) is 8.26. The fourth-order valence-electron chi connectivity index (χ4n) is 2.86. The number of hydrogen-bond donors (Lipinski definition) is 2. The second kappa shape index (κ2) is 5.24. The molecule has 2 N–H and O–H groups in total. The molecule has 0 amide bonds. The van der Waals surface area contributed by atoms with E-state index < -0.39 is 5.97 Å². The molecule has 23 heavy (non-hydrogen) atoms. The summed E-state index contributed by atoms with van der Waals surface area (Å²) in [5.74, 6) is 0.0873. The summed E-state index contributed by atoms with van der Waals surface area (Å²) in [6.45, 7) is 2.98. The van der Waals surface area contributed by atoms with E-state index in [-0.39, 0.29) is 5.56 Å². The van der Waals surface area contributed by atoms with E-state index >= 15 is 0 Å². The van der Waals surface area contributed by atoms with Crippen molar-refractivity contribution < 1.29 is 9.90 Å². The maximum absolute atomic E-state index is 11.0. The highest BCUT2D eigenvalue weighted by Gasteiger charge is 2.24. The number of carbonyl (C=O) groups is 1. The third-order valence-corrected chi connectivity index (χ3v) is 5.03. The van der Waals surface area contributed by atoms with Gasteiger partial charge in [-0.1, -0.05) is 0 Å². The predicted molar refractivity (Wildman–Crippen MR) is 90.8 cm³/mol. The lowest BCUT2D eigenvalue weighted by Crippen LogP contribution is -2.05. The molecule has 0 radical (unpaired) electrons. The van der Waals surface area contributed by atoms with Gasteiger partial charge in [-0.25, -0.2) is 9.48 Å². The number of nitrogens with zero attached hydrogens (tertiary/aromatic N) is 2. The van der Waals surface area contributed by atoms with Gasteiger partial charge in [-0.05, 0) is 54.6 Å². The van der Waals surface area contributed by atoms with Crippen LogP contribution >= 0.6 is 11.3 Å². The zero-order valence-corrected chi connectivity index (χ0v) is 13.4. The van der Waals surface area contributed by atoms with Gasteiger partial charge in [0, 0.05) is 12.1 Å². The summed E-state index contributed by atoms with van der Waals surface area (Å²) in [5.41, 5.74) is 4.63. The van der Waals surface area contributed by atoms with Crippen molar-refractivity contribution in [1.29, 1.82) is 0 Å². The minimum atomic E-state index is -0.921. The van der Waals surface area contributed by atoms with E-state index in [0.29, 0.717) is 0 Å². The van der Waals surface area contributed by atoms with E-state index in [4.69, 9.17) is 10.2 Å². The van der Waals surface area contributed by atoms with Gasteiger partial charge in [0.1, 0.15) is 11.5 Å². The van der Waals surface area contributed by atoms with Crippen LogP contribution in [0.3, 0.4) is 0 Å². The number of carboxylic acids is 1. The molecule has 5 nitrogen and oxygen atoms in total. The number of fused-ring (bicyclic) bond motifs is 1. The molecule has 4 rings (SSSR count). The Labute approximate surface area is 137 Å². The van der Waals surface area contributed by atoms with Gasteiger partial charge in [-0.3, -0.25) is 0 Å². The molecule has 0 spiro atoms. The Kier molecular flexibility index (Phi) is 3.20. The van der Waals surface area contributed by atoms with E-state index in [0.717, 1.165) is 30.2 Å². The monoisotopic (exact) mass is 325 g/mol. The van der Waals surface area contributed by atoms with Crippen LogP contribution in [0.2, 0.25) is 0 Å². The normalized spacial score (nSPS) is 12.9. The van der Waals surface area contributed by atoms with Crippen LogP contribution in [-0.4, -0.2) is 27.4 Å². The SMILES string of the molecule is Cc1csc(-c2nn(-c3ccc(C(=O)O)cc3)c3c2CCN3)c1. The minimum absolute atomic E-state index is 0.277. The van der Waals surface area contributed by atoms with E-state index in [2.05, 4.69) is 23.7 Å². The number of benzene rings is 1. The first-order valence-electron chi connectivity index (χ1n) is 7.38. The molecule has 0 bridgehead atoms. The van der Waals surface area contributed by atoms with Crippen molar-refractivity contribution in [3.05, 3.63) is 52.4 Å². The summed E-state index contributed by atoms with van der Waals surface area (Å²) in [4.78, 5) is 12.2. The summed E-state index contributed by atoms with van der Waals surface area (Å²) in [5, 5.41) is 19.3. The van der Waals surface area contributed by atoms with E-state index in [9.17, 15) is 4.79 Å². The standard InChI is InChI=1S/C17H15N3O2S/c1-10-8-14(23-9-10)15-13-6-7-18-16(13)20(19-15)12-4-2-11(3-5-12)17(21)22/h2-5,8-9,18H,6-7H2,1H3,(H,21,22). The lowest BCUT2D eigenvalue weighted by atomic mass is 10.1. The number of aromatic carboxylic acids is 1. The third kappa shape index (κ3) is 2.31. The van der Waals surface area contributed by atoms with Gasteiger partial charge >= 0.3 is 5.97 Å².